The lowest BCUT2D eigenvalue weighted by molar-refractivity contribution is -0.347. The topological polar surface area (TPSA) is 119 Å². The first-order chi connectivity index (χ1) is 13.9. The maximum absolute atomic E-state index is 13.8. The van der Waals surface area contributed by atoms with Gasteiger partial charge in [0, 0.05) is 17.5 Å². The Morgan fingerprint density at radius 2 is 1.50 bits per heavy atom. The molecule has 0 heterocycles. The van der Waals surface area contributed by atoms with E-state index in [1.165, 1.54) is 20.8 Å². The predicted octanol–water partition coefficient (Wildman–Crippen LogP) is 3.19. The van der Waals surface area contributed by atoms with Gasteiger partial charge in [0.2, 0.25) is 0 Å². The second kappa shape index (κ2) is 9.51. The number of ether oxygens (including phenoxy) is 2. The van der Waals surface area contributed by atoms with Crippen molar-refractivity contribution in [2.75, 3.05) is 6.61 Å². The van der Waals surface area contributed by atoms with Crippen LogP contribution in [-0.4, -0.2) is 60.1 Å². The fourth-order valence-corrected chi connectivity index (χ4v) is 2.37. The second-order valence-electron chi connectivity index (χ2n) is 7.64. The molecule has 0 radical (unpaired) electrons. The number of esters is 1. The molecule has 0 aliphatic heterocycles. The molecule has 0 rings (SSSR count). The number of carbonyl (C=O) groups is 2. The van der Waals surface area contributed by atoms with E-state index in [0.717, 1.165) is 6.92 Å². The zero-order chi connectivity index (χ0) is 26.0. The molecule has 0 bridgehead atoms. The van der Waals surface area contributed by atoms with Crippen LogP contribution in [0.25, 0.3) is 0 Å². The number of nitrogens with one attached hydrogen (secondary N) is 1. The van der Waals surface area contributed by atoms with Gasteiger partial charge in [0.15, 0.2) is 0 Å². The molecule has 0 fully saturated rings. The van der Waals surface area contributed by atoms with Crippen molar-refractivity contribution in [1.82, 2.24) is 5.32 Å². The van der Waals surface area contributed by atoms with Crippen LogP contribution in [0.4, 0.5) is 30.7 Å². The van der Waals surface area contributed by atoms with E-state index in [-0.39, 0.29) is 0 Å². The summed E-state index contributed by atoms with van der Waals surface area (Å²) in [6, 6.07) is 0. The summed E-state index contributed by atoms with van der Waals surface area (Å²) < 4.78 is 132. The third-order valence-corrected chi connectivity index (χ3v) is 4.38. The first-order valence-electron chi connectivity index (χ1n) is 8.56. The van der Waals surface area contributed by atoms with Gasteiger partial charge in [0.25, 0.3) is 0 Å². The van der Waals surface area contributed by atoms with Gasteiger partial charge in [0.05, 0.1) is 6.61 Å². The molecule has 1 unspecified atom stereocenters. The Kier molecular flexibility index (Phi) is 8.93. The average Bonchev–Trinajstić information content (AvgIpc) is 2.53. The smallest absolute Gasteiger partial charge is 0.412 e. The number of amides is 1. The van der Waals surface area contributed by atoms with Gasteiger partial charge in [-0.15, -0.1) is 0 Å². The SMILES string of the molecule is C=C(C)C(=O)OC(OCCCC(F)(F)C(F)(F)S(=O)(=O)O)(C(=O)NC(C)(C)C)C(F)(F)F. The molecular weight excluding hydrogens is 483 g/mol. The van der Waals surface area contributed by atoms with Crippen LogP contribution in [0.1, 0.15) is 40.5 Å². The van der Waals surface area contributed by atoms with E-state index in [2.05, 4.69) is 16.1 Å². The lowest BCUT2D eigenvalue weighted by Gasteiger charge is -2.35. The Hall–Kier alpha value is -1.94. The number of hydrogen-bond donors (Lipinski definition) is 2. The summed E-state index contributed by atoms with van der Waals surface area (Å²) in [5.74, 6) is -13.6. The molecule has 0 saturated carbocycles. The molecule has 0 aliphatic rings. The van der Waals surface area contributed by atoms with Crippen molar-refractivity contribution in [3.8, 4) is 0 Å². The van der Waals surface area contributed by atoms with Crippen LogP contribution in [-0.2, 0) is 29.2 Å². The lowest BCUT2D eigenvalue weighted by Crippen LogP contribution is -2.64. The van der Waals surface area contributed by atoms with Crippen molar-refractivity contribution >= 4 is 22.0 Å². The maximum Gasteiger partial charge on any atom is 0.466 e. The molecule has 32 heavy (non-hydrogen) atoms. The Balaban J connectivity index is 5.88. The third kappa shape index (κ3) is 7.03. The van der Waals surface area contributed by atoms with E-state index < -0.39 is 75.7 Å². The normalized spacial score (nSPS) is 15.6. The van der Waals surface area contributed by atoms with E-state index in [0.29, 0.717) is 0 Å². The van der Waals surface area contributed by atoms with Gasteiger partial charge in [-0.05, 0) is 34.1 Å². The first kappa shape index (κ1) is 30.1. The van der Waals surface area contributed by atoms with Crippen LogP contribution in [0, 0.1) is 0 Å². The summed E-state index contributed by atoms with van der Waals surface area (Å²) in [6.45, 7) is 6.22. The van der Waals surface area contributed by atoms with Crippen molar-refractivity contribution in [3.05, 3.63) is 12.2 Å². The molecule has 0 aromatic heterocycles. The summed E-state index contributed by atoms with van der Waals surface area (Å²) in [6.07, 6.45) is -9.22. The third-order valence-electron chi connectivity index (χ3n) is 3.44. The number of carbonyl (C=O) groups excluding carboxylic acids is 2. The van der Waals surface area contributed by atoms with Crippen molar-refractivity contribution < 1.29 is 62.8 Å². The molecule has 1 amide bonds. The molecule has 2 N–H and O–H groups in total. The quantitative estimate of drug-likeness (QED) is 0.117. The van der Waals surface area contributed by atoms with Crippen LogP contribution < -0.4 is 5.32 Å². The second-order valence-corrected chi connectivity index (χ2v) is 9.10. The van der Waals surface area contributed by atoms with Gasteiger partial charge in [-0.2, -0.15) is 39.2 Å². The van der Waals surface area contributed by atoms with Crippen LogP contribution in [0.5, 0.6) is 0 Å². The van der Waals surface area contributed by atoms with Gasteiger partial charge < -0.3 is 14.8 Å². The Morgan fingerprint density at radius 3 is 1.84 bits per heavy atom. The standard InChI is InChI=1S/C16H22F7NO7S/c1-9(2)10(25)31-14(15(19,20)21,11(26)24-12(3,4)5)30-8-6-7-13(17,18)16(22,23)32(27,28)29/h1,6-8H2,2-5H3,(H,24,26)(H,27,28,29). The van der Waals surface area contributed by atoms with E-state index in [4.69, 9.17) is 4.55 Å². The summed E-state index contributed by atoms with van der Waals surface area (Å²) in [5.41, 5.74) is -1.91. The molecule has 1 atom stereocenters. The summed E-state index contributed by atoms with van der Waals surface area (Å²) in [7, 11) is -6.56. The van der Waals surface area contributed by atoms with Crippen molar-refractivity contribution in [3.63, 3.8) is 0 Å². The number of rotatable bonds is 10. The summed E-state index contributed by atoms with van der Waals surface area (Å²) in [5, 5.41) is -4.11. The minimum absolute atomic E-state index is 0.592. The Labute approximate surface area is 178 Å². The Morgan fingerprint density at radius 1 is 1.03 bits per heavy atom. The van der Waals surface area contributed by atoms with Gasteiger partial charge >= 0.3 is 45.1 Å². The zero-order valence-corrected chi connectivity index (χ0v) is 18.1. The van der Waals surface area contributed by atoms with E-state index in [9.17, 15) is 48.7 Å². The Bertz CT molecular complexity index is 835. The molecule has 0 spiro atoms. The molecule has 0 aliphatic carbocycles. The zero-order valence-electron chi connectivity index (χ0n) is 17.3. The maximum atomic E-state index is 13.8. The number of alkyl halides is 7. The highest BCUT2D eigenvalue weighted by Gasteiger charge is 2.67. The lowest BCUT2D eigenvalue weighted by atomic mass is 10.1. The summed E-state index contributed by atoms with van der Waals surface area (Å²) in [4.78, 5) is 24.0. The molecule has 0 aromatic rings. The monoisotopic (exact) mass is 505 g/mol. The van der Waals surface area contributed by atoms with Gasteiger partial charge in [-0.1, -0.05) is 6.58 Å². The average molecular weight is 505 g/mol. The molecule has 0 aromatic carbocycles. The molecule has 8 nitrogen and oxygen atoms in total. The van der Waals surface area contributed by atoms with Crippen molar-refractivity contribution in [2.45, 2.75) is 69.2 Å². The van der Waals surface area contributed by atoms with Gasteiger partial charge in [0.1, 0.15) is 0 Å². The highest BCUT2D eigenvalue weighted by Crippen LogP contribution is 2.42. The van der Waals surface area contributed by atoms with E-state index >= 15 is 0 Å². The minimum atomic E-state index is -6.56. The van der Waals surface area contributed by atoms with Gasteiger partial charge in [-0.25, -0.2) is 4.79 Å². The van der Waals surface area contributed by atoms with Crippen molar-refractivity contribution in [1.29, 1.82) is 0 Å². The molecule has 188 valence electrons. The molecule has 0 saturated heterocycles. The summed E-state index contributed by atoms with van der Waals surface area (Å²) >= 11 is 0. The highest BCUT2D eigenvalue weighted by atomic mass is 32.2. The first-order valence-corrected chi connectivity index (χ1v) is 10.00. The van der Waals surface area contributed by atoms with Crippen molar-refractivity contribution in [2.24, 2.45) is 0 Å². The largest absolute Gasteiger partial charge is 0.466 e. The fourth-order valence-electron chi connectivity index (χ4n) is 1.89. The van der Waals surface area contributed by atoms with E-state index in [1.807, 2.05) is 5.32 Å². The van der Waals surface area contributed by atoms with Gasteiger partial charge in [-0.3, -0.25) is 9.35 Å². The number of halogens is 7. The highest BCUT2D eigenvalue weighted by molar-refractivity contribution is 7.87. The van der Waals surface area contributed by atoms with E-state index in [1.54, 1.807) is 0 Å². The fraction of sp³-hybridized carbons (Fsp3) is 0.750. The van der Waals surface area contributed by atoms with Crippen LogP contribution in [0.3, 0.4) is 0 Å². The minimum Gasteiger partial charge on any atom is -0.412 e. The predicted molar refractivity (Wildman–Crippen MR) is 94.2 cm³/mol. The number of hydrogen-bond acceptors (Lipinski definition) is 6. The van der Waals surface area contributed by atoms with Crippen LogP contribution >= 0.6 is 0 Å². The van der Waals surface area contributed by atoms with Crippen LogP contribution in [0.15, 0.2) is 12.2 Å². The molecule has 16 heteroatoms. The van der Waals surface area contributed by atoms with Crippen LogP contribution in [0.2, 0.25) is 0 Å². The molecular formula is C16H22F7NO7S.